The second kappa shape index (κ2) is 7.96. The minimum atomic E-state index is -0.316. The number of rotatable bonds is 6. The van der Waals surface area contributed by atoms with Gasteiger partial charge in [-0.1, -0.05) is 0 Å². The molecule has 0 aliphatic heterocycles. The lowest BCUT2D eigenvalue weighted by molar-refractivity contribution is 0.0954. The van der Waals surface area contributed by atoms with E-state index < -0.39 is 0 Å². The highest BCUT2D eigenvalue weighted by Gasteiger charge is 2.14. The zero-order valence-electron chi connectivity index (χ0n) is 14.0. The summed E-state index contributed by atoms with van der Waals surface area (Å²) < 4.78 is 15.9. The molecule has 0 saturated carbocycles. The monoisotopic (exact) mass is 329 g/mol. The van der Waals surface area contributed by atoms with Crippen LogP contribution in [-0.4, -0.2) is 37.9 Å². The molecular weight excluding hydrogens is 310 g/mol. The van der Waals surface area contributed by atoms with Crippen molar-refractivity contribution in [3.63, 3.8) is 0 Å². The maximum atomic E-state index is 12.0. The van der Waals surface area contributed by atoms with Crippen LogP contribution < -0.4 is 19.6 Å². The molecule has 2 aromatic rings. The van der Waals surface area contributed by atoms with Crippen molar-refractivity contribution in [1.29, 1.82) is 0 Å². The normalized spacial score (nSPS) is 10.9. The maximum absolute atomic E-state index is 12.0. The van der Waals surface area contributed by atoms with Crippen LogP contribution in [0.2, 0.25) is 0 Å². The quantitative estimate of drug-likeness (QED) is 0.649. The Balaban J connectivity index is 2.25. The third kappa shape index (κ3) is 3.81. The molecule has 1 amide bonds. The number of carbonyl (C=O) groups is 1. The number of methoxy groups -OCH3 is 3. The fraction of sp³-hybridized carbons (Fsp3) is 0.235. The summed E-state index contributed by atoms with van der Waals surface area (Å²) >= 11 is 0. The van der Waals surface area contributed by atoms with Crippen molar-refractivity contribution in [2.24, 2.45) is 5.10 Å². The minimum absolute atomic E-state index is 0.316. The van der Waals surface area contributed by atoms with Gasteiger partial charge in [-0.25, -0.2) is 5.43 Å². The summed E-state index contributed by atoms with van der Waals surface area (Å²) in [6.07, 6.45) is 3.09. The smallest absolute Gasteiger partial charge is 0.271 e. The number of hydrogen-bond donors (Lipinski definition) is 1. The SMILES string of the molecule is COc1cc(/C(C)=N/NC(=O)c2ccncc2)cc(OC)c1OC. The van der Waals surface area contributed by atoms with E-state index in [1.807, 2.05) is 0 Å². The van der Waals surface area contributed by atoms with Gasteiger partial charge in [0.25, 0.3) is 5.91 Å². The molecule has 1 N–H and O–H groups in total. The molecule has 1 aromatic heterocycles. The van der Waals surface area contributed by atoms with Crippen molar-refractivity contribution in [2.45, 2.75) is 6.92 Å². The zero-order valence-corrected chi connectivity index (χ0v) is 14.0. The Kier molecular flexibility index (Phi) is 5.73. The van der Waals surface area contributed by atoms with Gasteiger partial charge in [-0.3, -0.25) is 9.78 Å². The van der Waals surface area contributed by atoms with Crippen LogP contribution >= 0.6 is 0 Å². The van der Waals surface area contributed by atoms with Crippen LogP contribution in [0.1, 0.15) is 22.8 Å². The lowest BCUT2D eigenvalue weighted by Crippen LogP contribution is -2.19. The molecule has 0 aliphatic rings. The van der Waals surface area contributed by atoms with Crippen molar-refractivity contribution in [3.05, 3.63) is 47.8 Å². The minimum Gasteiger partial charge on any atom is -0.493 e. The number of carbonyl (C=O) groups excluding carboxylic acids is 1. The maximum Gasteiger partial charge on any atom is 0.271 e. The van der Waals surface area contributed by atoms with E-state index in [1.54, 1.807) is 57.8 Å². The summed E-state index contributed by atoms with van der Waals surface area (Å²) in [5.74, 6) is 1.21. The number of benzene rings is 1. The van der Waals surface area contributed by atoms with Crippen LogP contribution in [0.3, 0.4) is 0 Å². The van der Waals surface area contributed by atoms with Gasteiger partial charge in [0.05, 0.1) is 27.0 Å². The van der Waals surface area contributed by atoms with Gasteiger partial charge in [0.1, 0.15) is 0 Å². The third-order valence-corrected chi connectivity index (χ3v) is 3.35. The third-order valence-electron chi connectivity index (χ3n) is 3.35. The Morgan fingerprint density at radius 2 is 1.58 bits per heavy atom. The van der Waals surface area contributed by atoms with Gasteiger partial charge in [-0.2, -0.15) is 5.10 Å². The van der Waals surface area contributed by atoms with E-state index in [2.05, 4.69) is 15.5 Å². The largest absolute Gasteiger partial charge is 0.493 e. The van der Waals surface area contributed by atoms with Gasteiger partial charge in [0, 0.05) is 23.5 Å². The summed E-state index contributed by atoms with van der Waals surface area (Å²) in [7, 11) is 4.62. The molecule has 2 rings (SSSR count). The lowest BCUT2D eigenvalue weighted by Gasteiger charge is -2.14. The van der Waals surface area contributed by atoms with Gasteiger partial charge in [0.15, 0.2) is 11.5 Å². The van der Waals surface area contributed by atoms with Gasteiger partial charge in [0.2, 0.25) is 5.75 Å². The van der Waals surface area contributed by atoms with Crippen molar-refractivity contribution in [3.8, 4) is 17.2 Å². The predicted octanol–water partition coefficient (Wildman–Crippen LogP) is 2.26. The van der Waals surface area contributed by atoms with Crippen molar-refractivity contribution in [2.75, 3.05) is 21.3 Å². The second-order valence-electron chi connectivity index (χ2n) is 4.79. The van der Waals surface area contributed by atoms with Gasteiger partial charge in [-0.05, 0) is 31.2 Å². The summed E-state index contributed by atoms with van der Waals surface area (Å²) in [5, 5.41) is 4.12. The van der Waals surface area contributed by atoms with Crippen molar-refractivity contribution >= 4 is 11.6 Å². The van der Waals surface area contributed by atoms with Gasteiger partial charge in [-0.15, -0.1) is 0 Å². The van der Waals surface area contributed by atoms with E-state index in [-0.39, 0.29) is 5.91 Å². The predicted molar refractivity (Wildman–Crippen MR) is 90.0 cm³/mol. The molecule has 0 spiro atoms. The number of nitrogens with zero attached hydrogens (tertiary/aromatic N) is 2. The second-order valence-corrected chi connectivity index (χ2v) is 4.79. The fourth-order valence-electron chi connectivity index (χ4n) is 2.06. The van der Waals surface area contributed by atoms with E-state index in [1.165, 1.54) is 7.11 Å². The topological polar surface area (TPSA) is 82.0 Å². The van der Waals surface area contributed by atoms with Crippen molar-refractivity contribution in [1.82, 2.24) is 10.4 Å². The number of aromatic nitrogens is 1. The number of hydrazone groups is 1. The molecule has 7 nitrogen and oxygen atoms in total. The number of nitrogens with one attached hydrogen (secondary N) is 1. The molecule has 0 unspecified atom stereocenters. The van der Waals surface area contributed by atoms with E-state index in [4.69, 9.17) is 14.2 Å². The molecule has 7 heteroatoms. The van der Waals surface area contributed by atoms with E-state index in [0.717, 1.165) is 5.56 Å². The summed E-state index contributed by atoms with van der Waals surface area (Å²) in [6.45, 7) is 1.77. The van der Waals surface area contributed by atoms with E-state index >= 15 is 0 Å². The van der Waals surface area contributed by atoms with Crippen LogP contribution in [0, 0.1) is 0 Å². The van der Waals surface area contributed by atoms with Crippen LogP contribution in [0.15, 0.2) is 41.8 Å². The highest BCUT2D eigenvalue weighted by atomic mass is 16.5. The van der Waals surface area contributed by atoms with E-state index in [0.29, 0.717) is 28.5 Å². The number of pyridine rings is 1. The lowest BCUT2D eigenvalue weighted by atomic mass is 10.1. The highest BCUT2D eigenvalue weighted by Crippen LogP contribution is 2.38. The molecule has 0 saturated heterocycles. The van der Waals surface area contributed by atoms with Crippen LogP contribution in [0.5, 0.6) is 17.2 Å². The Labute approximate surface area is 140 Å². The first-order valence-electron chi connectivity index (χ1n) is 7.15. The molecule has 1 aromatic carbocycles. The Morgan fingerprint density at radius 1 is 1.00 bits per heavy atom. The van der Waals surface area contributed by atoms with Crippen LogP contribution in [0.25, 0.3) is 0 Å². The average molecular weight is 329 g/mol. The molecule has 0 aliphatic carbocycles. The molecule has 0 radical (unpaired) electrons. The Bertz CT molecular complexity index is 720. The molecule has 0 atom stereocenters. The first kappa shape index (κ1) is 17.3. The van der Waals surface area contributed by atoms with Gasteiger partial charge < -0.3 is 14.2 Å². The first-order chi connectivity index (χ1) is 11.6. The molecule has 24 heavy (non-hydrogen) atoms. The van der Waals surface area contributed by atoms with Gasteiger partial charge >= 0.3 is 0 Å². The number of amides is 1. The van der Waals surface area contributed by atoms with E-state index in [9.17, 15) is 4.79 Å². The van der Waals surface area contributed by atoms with Crippen LogP contribution in [-0.2, 0) is 0 Å². The van der Waals surface area contributed by atoms with Crippen LogP contribution in [0.4, 0.5) is 0 Å². The molecule has 0 fully saturated rings. The summed E-state index contributed by atoms with van der Waals surface area (Å²) in [5.41, 5.74) is 4.32. The average Bonchev–Trinajstić information content (AvgIpc) is 2.65. The first-order valence-corrected chi connectivity index (χ1v) is 7.15. The fourth-order valence-corrected chi connectivity index (χ4v) is 2.06. The standard InChI is InChI=1S/C17H19N3O4/c1-11(19-20-17(21)12-5-7-18-8-6-12)13-9-14(22-2)16(24-4)15(10-13)23-3/h5-10H,1-4H3,(H,20,21)/b19-11+. The number of hydrogen-bond acceptors (Lipinski definition) is 6. The molecule has 0 bridgehead atoms. The Morgan fingerprint density at radius 3 is 2.08 bits per heavy atom. The summed E-state index contributed by atoms with van der Waals surface area (Å²) in [4.78, 5) is 15.9. The highest BCUT2D eigenvalue weighted by molar-refractivity contribution is 6.01. The Hall–Kier alpha value is -3.09. The molecular formula is C17H19N3O4. The molecule has 1 heterocycles. The molecule has 126 valence electrons. The zero-order chi connectivity index (χ0) is 17.5. The number of ether oxygens (including phenoxy) is 3. The van der Waals surface area contributed by atoms with Crippen molar-refractivity contribution < 1.29 is 19.0 Å². The summed E-state index contributed by atoms with van der Waals surface area (Å²) in [6, 6.07) is 6.75.